The number of hydrogen-bond acceptors (Lipinski definition) is 3. The molecule has 0 saturated carbocycles. The van der Waals surface area contributed by atoms with Crippen LogP contribution in [-0.4, -0.2) is 33.7 Å². The van der Waals surface area contributed by atoms with E-state index < -0.39 is 0 Å². The molecule has 5 nitrogen and oxygen atoms in total. The summed E-state index contributed by atoms with van der Waals surface area (Å²) in [4.78, 5) is 6.79. The predicted octanol–water partition coefficient (Wildman–Crippen LogP) is 3.94. The second kappa shape index (κ2) is 11.7. The molecular weight excluding hydrogens is 451 g/mol. The highest BCUT2D eigenvalue weighted by atomic mass is 127. The average Bonchev–Trinajstić information content (AvgIpc) is 2.65. The maximum absolute atomic E-state index is 5.19. The number of rotatable bonds is 7. The van der Waals surface area contributed by atoms with Crippen LogP contribution >= 0.6 is 24.0 Å². The summed E-state index contributed by atoms with van der Waals surface area (Å²) in [5, 5.41) is 6.72. The fourth-order valence-corrected chi connectivity index (χ4v) is 2.58. The van der Waals surface area contributed by atoms with E-state index >= 15 is 0 Å². The number of aliphatic imine (C=N–C) groups is 1. The summed E-state index contributed by atoms with van der Waals surface area (Å²) in [5.74, 6) is 1.68. The van der Waals surface area contributed by atoms with Crippen molar-refractivity contribution in [3.05, 3.63) is 59.2 Å². The van der Waals surface area contributed by atoms with Crippen LogP contribution in [0.25, 0.3) is 0 Å². The first-order valence-corrected chi connectivity index (χ1v) is 8.95. The summed E-state index contributed by atoms with van der Waals surface area (Å²) in [7, 11) is 5.79. The molecule has 148 valence electrons. The maximum Gasteiger partial charge on any atom is 0.191 e. The molecule has 0 radical (unpaired) electrons. The first-order chi connectivity index (χ1) is 12.5. The number of halogens is 1. The van der Waals surface area contributed by atoms with Gasteiger partial charge in [-0.05, 0) is 54.8 Å². The molecule has 0 aromatic heterocycles. The van der Waals surface area contributed by atoms with Gasteiger partial charge in [0, 0.05) is 32.9 Å². The molecule has 2 aromatic rings. The quantitative estimate of drug-likeness (QED) is 0.357. The van der Waals surface area contributed by atoms with Crippen molar-refractivity contribution in [2.24, 2.45) is 4.99 Å². The van der Waals surface area contributed by atoms with E-state index in [1.165, 1.54) is 16.8 Å². The van der Waals surface area contributed by atoms with Crippen molar-refractivity contribution in [3.8, 4) is 5.75 Å². The molecule has 6 heteroatoms. The summed E-state index contributed by atoms with van der Waals surface area (Å²) in [6.45, 7) is 6.41. The molecule has 27 heavy (non-hydrogen) atoms. The van der Waals surface area contributed by atoms with Crippen molar-refractivity contribution < 1.29 is 4.74 Å². The average molecular weight is 482 g/mol. The Bertz CT molecular complexity index is 729. The van der Waals surface area contributed by atoms with Crippen molar-refractivity contribution in [1.29, 1.82) is 0 Å². The number of guanidine groups is 1. The molecule has 2 rings (SSSR count). The highest BCUT2D eigenvalue weighted by molar-refractivity contribution is 14.0. The Morgan fingerprint density at radius 1 is 1.07 bits per heavy atom. The zero-order chi connectivity index (χ0) is 18.9. The van der Waals surface area contributed by atoms with Crippen molar-refractivity contribution in [2.45, 2.75) is 26.9 Å². The summed E-state index contributed by atoms with van der Waals surface area (Å²) >= 11 is 0. The van der Waals surface area contributed by atoms with E-state index in [9.17, 15) is 0 Å². The van der Waals surface area contributed by atoms with Crippen LogP contribution < -0.4 is 20.3 Å². The summed E-state index contributed by atoms with van der Waals surface area (Å²) in [5.41, 5.74) is 4.90. The zero-order valence-corrected chi connectivity index (χ0v) is 19.2. The Kier molecular flexibility index (Phi) is 9.99. The number of aryl methyl sites for hydroxylation is 1. The van der Waals surface area contributed by atoms with Gasteiger partial charge in [-0.1, -0.05) is 18.2 Å². The van der Waals surface area contributed by atoms with Crippen LogP contribution in [0.1, 0.15) is 23.6 Å². The molecule has 2 N–H and O–H groups in total. The van der Waals surface area contributed by atoms with Crippen molar-refractivity contribution in [2.75, 3.05) is 32.6 Å². The number of nitrogens with zero attached hydrogens (tertiary/aromatic N) is 2. The van der Waals surface area contributed by atoms with Crippen LogP contribution in [0.15, 0.2) is 47.5 Å². The number of methoxy groups -OCH3 is 1. The van der Waals surface area contributed by atoms with E-state index in [1.54, 1.807) is 7.11 Å². The Balaban J connectivity index is 0.00000364. The normalized spacial score (nSPS) is 10.8. The lowest BCUT2D eigenvalue weighted by atomic mass is 10.1. The van der Waals surface area contributed by atoms with E-state index in [4.69, 9.17) is 4.74 Å². The van der Waals surface area contributed by atoms with E-state index in [2.05, 4.69) is 66.7 Å². The van der Waals surface area contributed by atoms with Gasteiger partial charge in [-0.15, -0.1) is 24.0 Å². The molecule has 0 atom stereocenters. The maximum atomic E-state index is 5.19. The Hall–Kier alpha value is -1.96. The van der Waals surface area contributed by atoms with Crippen LogP contribution in [0.4, 0.5) is 5.69 Å². The highest BCUT2D eigenvalue weighted by Gasteiger charge is 2.04. The first kappa shape index (κ1) is 23.1. The minimum atomic E-state index is 0. The Labute approximate surface area is 180 Å². The summed E-state index contributed by atoms with van der Waals surface area (Å²) < 4.78 is 5.19. The van der Waals surface area contributed by atoms with Crippen LogP contribution in [0.2, 0.25) is 0 Å². The van der Waals surface area contributed by atoms with E-state index in [0.717, 1.165) is 30.4 Å². The van der Waals surface area contributed by atoms with Gasteiger partial charge >= 0.3 is 0 Å². The molecule has 0 saturated heterocycles. The predicted molar refractivity (Wildman–Crippen MR) is 126 cm³/mol. The van der Waals surface area contributed by atoms with Gasteiger partial charge in [0.1, 0.15) is 5.75 Å². The first-order valence-electron chi connectivity index (χ1n) is 8.95. The van der Waals surface area contributed by atoms with Gasteiger partial charge in [0.15, 0.2) is 5.96 Å². The minimum Gasteiger partial charge on any atom is -0.497 e. The van der Waals surface area contributed by atoms with Gasteiger partial charge in [0.25, 0.3) is 0 Å². The zero-order valence-electron chi connectivity index (χ0n) is 16.9. The SMILES string of the molecule is CCNC(=NCc1ccc(OC)cc1)NCc1ccc(N(C)C)cc1C.I. The number of nitrogens with one attached hydrogen (secondary N) is 2. The molecule has 2 aromatic carbocycles. The Morgan fingerprint density at radius 2 is 1.78 bits per heavy atom. The molecule has 0 aliphatic heterocycles. The van der Waals surface area contributed by atoms with Crippen molar-refractivity contribution >= 4 is 35.6 Å². The van der Waals surface area contributed by atoms with Crippen LogP contribution in [-0.2, 0) is 13.1 Å². The molecule has 0 heterocycles. The molecule has 0 aliphatic rings. The fourth-order valence-electron chi connectivity index (χ4n) is 2.58. The van der Waals surface area contributed by atoms with Gasteiger partial charge in [-0.3, -0.25) is 0 Å². The van der Waals surface area contributed by atoms with Crippen molar-refractivity contribution in [3.63, 3.8) is 0 Å². The van der Waals surface area contributed by atoms with Crippen LogP contribution in [0.5, 0.6) is 5.75 Å². The highest BCUT2D eigenvalue weighted by Crippen LogP contribution is 2.17. The van der Waals surface area contributed by atoms with Gasteiger partial charge in [0.2, 0.25) is 0 Å². The summed E-state index contributed by atoms with van der Waals surface area (Å²) in [6.07, 6.45) is 0. The second-order valence-electron chi connectivity index (χ2n) is 6.40. The number of ether oxygens (including phenoxy) is 1. The van der Waals surface area contributed by atoms with Crippen LogP contribution in [0.3, 0.4) is 0 Å². The topological polar surface area (TPSA) is 48.9 Å². The summed E-state index contributed by atoms with van der Waals surface area (Å²) in [6, 6.07) is 14.5. The van der Waals surface area contributed by atoms with E-state index in [1.807, 2.05) is 24.3 Å². The second-order valence-corrected chi connectivity index (χ2v) is 6.40. The lowest BCUT2D eigenvalue weighted by Crippen LogP contribution is -2.37. The standard InChI is InChI=1S/C21H30N4O.HI/c1-6-22-21(23-14-17-7-11-20(26-5)12-8-17)24-15-18-9-10-19(25(3)4)13-16(18)2;/h7-13H,6,14-15H2,1-5H3,(H2,22,23,24);1H. The number of benzene rings is 2. The third kappa shape index (κ3) is 7.28. The van der Waals surface area contributed by atoms with Gasteiger partial charge in [-0.2, -0.15) is 0 Å². The fraction of sp³-hybridized carbons (Fsp3) is 0.381. The molecule has 0 fully saturated rings. The molecule has 0 unspecified atom stereocenters. The third-order valence-electron chi connectivity index (χ3n) is 4.21. The largest absolute Gasteiger partial charge is 0.497 e. The molecule has 0 aliphatic carbocycles. The molecular formula is C21H31IN4O. The van der Waals surface area contributed by atoms with Crippen LogP contribution in [0, 0.1) is 6.92 Å². The smallest absolute Gasteiger partial charge is 0.191 e. The number of anilines is 1. The molecule has 0 spiro atoms. The van der Waals surface area contributed by atoms with Gasteiger partial charge in [-0.25, -0.2) is 4.99 Å². The van der Waals surface area contributed by atoms with E-state index in [-0.39, 0.29) is 24.0 Å². The Morgan fingerprint density at radius 3 is 2.33 bits per heavy atom. The van der Waals surface area contributed by atoms with Gasteiger partial charge in [0.05, 0.1) is 13.7 Å². The van der Waals surface area contributed by atoms with Gasteiger partial charge < -0.3 is 20.3 Å². The minimum absolute atomic E-state index is 0. The third-order valence-corrected chi connectivity index (χ3v) is 4.21. The monoisotopic (exact) mass is 482 g/mol. The molecule has 0 bridgehead atoms. The molecule has 0 amide bonds. The van der Waals surface area contributed by atoms with Crippen molar-refractivity contribution in [1.82, 2.24) is 10.6 Å². The number of hydrogen-bond donors (Lipinski definition) is 2. The lowest BCUT2D eigenvalue weighted by molar-refractivity contribution is 0.414. The van der Waals surface area contributed by atoms with E-state index in [0.29, 0.717) is 6.54 Å². The lowest BCUT2D eigenvalue weighted by Gasteiger charge is -2.16.